The normalized spacial score (nSPS) is 20.8. The maximum atomic E-state index is 13.7. The summed E-state index contributed by atoms with van der Waals surface area (Å²) < 4.78 is 19.2. The van der Waals surface area contributed by atoms with Crippen LogP contribution in [0.4, 0.5) is 4.39 Å². The van der Waals surface area contributed by atoms with Gasteiger partial charge in [0.1, 0.15) is 5.82 Å². The van der Waals surface area contributed by atoms with E-state index in [0.29, 0.717) is 19.4 Å². The van der Waals surface area contributed by atoms with Gasteiger partial charge >= 0.3 is 0 Å². The average Bonchev–Trinajstić information content (AvgIpc) is 2.60. The molecule has 1 aliphatic rings. The van der Waals surface area contributed by atoms with E-state index < -0.39 is 5.82 Å². The quantitative estimate of drug-likeness (QED) is 0.882. The molecule has 1 heterocycles. The van der Waals surface area contributed by atoms with Crippen molar-refractivity contribution in [1.82, 2.24) is 10.2 Å². The highest BCUT2D eigenvalue weighted by Crippen LogP contribution is 2.28. The van der Waals surface area contributed by atoms with Crippen LogP contribution in [0.2, 0.25) is 5.02 Å². The Balaban J connectivity index is 2.24. The van der Waals surface area contributed by atoms with Gasteiger partial charge in [-0.2, -0.15) is 0 Å². The van der Waals surface area contributed by atoms with Crippen LogP contribution >= 0.6 is 11.6 Å². The molecule has 0 aliphatic carbocycles. The number of nitrogens with one attached hydrogen (secondary N) is 1. The van der Waals surface area contributed by atoms with Gasteiger partial charge in [-0.3, -0.25) is 9.59 Å². The number of rotatable bonds is 5. The maximum Gasteiger partial charge on any atom is 0.255 e. The highest BCUT2D eigenvalue weighted by atomic mass is 35.5. The molecule has 0 radical (unpaired) electrons. The largest absolute Gasteiger partial charge is 0.379 e. The first-order valence-corrected chi connectivity index (χ1v) is 8.35. The lowest BCUT2D eigenvalue weighted by Gasteiger charge is -2.41. The monoisotopic (exact) mass is 356 g/mol. The number of carbonyl (C=O) groups excluding carboxylic acids is 2. The van der Waals surface area contributed by atoms with Crippen LogP contribution in [0.1, 0.15) is 36.0 Å². The summed E-state index contributed by atoms with van der Waals surface area (Å²) in [5, 5.41) is 2.40. The Morgan fingerprint density at radius 1 is 1.46 bits per heavy atom. The van der Waals surface area contributed by atoms with Crippen molar-refractivity contribution < 1.29 is 18.7 Å². The summed E-state index contributed by atoms with van der Waals surface area (Å²) in [6.45, 7) is 0.532. The molecule has 1 N–H and O–H groups in total. The SMILES string of the molecule is CNC(=O)CC[C@H]1[C@@H](OC)CCCN1C(=O)c1cccc(F)c1Cl. The first-order chi connectivity index (χ1) is 11.5. The second-order valence-electron chi connectivity index (χ2n) is 5.80. The summed E-state index contributed by atoms with van der Waals surface area (Å²) in [5.41, 5.74) is 0.137. The van der Waals surface area contributed by atoms with E-state index in [0.717, 1.165) is 12.8 Å². The fourth-order valence-electron chi connectivity index (χ4n) is 3.12. The molecule has 1 aromatic carbocycles. The molecule has 1 aliphatic heterocycles. The van der Waals surface area contributed by atoms with Crippen LogP contribution in [-0.2, 0) is 9.53 Å². The number of amides is 2. The summed E-state index contributed by atoms with van der Waals surface area (Å²) in [6, 6.07) is 3.95. The van der Waals surface area contributed by atoms with Crippen molar-refractivity contribution in [2.75, 3.05) is 20.7 Å². The summed E-state index contributed by atoms with van der Waals surface area (Å²) in [6.07, 6.45) is 2.22. The van der Waals surface area contributed by atoms with Crippen molar-refractivity contribution in [2.24, 2.45) is 0 Å². The van der Waals surface area contributed by atoms with Crippen LogP contribution in [0.15, 0.2) is 18.2 Å². The first-order valence-electron chi connectivity index (χ1n) is 7.98. The highest BCUT2D eigenvalue weighted by molar-refractivity contribution is 6.34. The standard InChI is InChI=1S/C17H22ClFN2O3/c1-20-15(22)9-8-13-14(24-2)7-4-10-21(13)17(23)11-5-3-6-12(19)16(11)18/h3,5-6,13-14H,4,7-10H2,1-2H3,(H,20,22)/t13-,14-/m0/s1. The van der Waals surface area contributed by atoms with Crippen molar-refractivity contribution in [3.05, 3.63) is 34.6 Å². The van der Waals surface area contributed by atoms with E-state index in [2.05, 4.69) is 5.32 Å². The highest BCUT2D eigenvalue weighted by Gasteiger charge is 2.35. The van der Waals surface area contributed by atoms with Crippen LogP contribution < -0.4 is 5.32 Å². The van der Waals surface area contributed by atoms with E-state index in [1.807, 2.05) is 0 Å². The Morgan fingerprint density at radius 3 is 2.88 bits per heavy atom. The van der Waals surface area contributed by atoms with Crippen LogP contribution in [0, 0.1) is 5.82 Å². The van der Waals surface area contributed by atoms with Crippen LogP contribution in [0.25, 0.3) is 0 Å². The number of nitrogens with zero attached hydrogens (tertiary/aromatic N) is 1. The Kier molecular flexibility index (Phi) is 6.57. The van der Waals surface area contributed by atoms with Gasteiger partial charge in [-0.1, -0.05) is 17.7 Å². The molecule has 2 atom stereocenters. The minimum atomic E-state index is -0.621. The molecule has 2 rings (SSSR count). The van der Waals surface area contributed by atoms with Crippen molar-refractivity contribution in [1.29, 1.82) is 0 Å². The number of piperidine rings is 1. The molecule has 0 bridgehead atoms. The number of halogens is 2. The second kappa shape index (κ2) is 8.44. The molecule has 132 valence electrons. The molecule has 24 heavy (non-hydrogen) atoms. The Hall–Kier alpha value is -1.66. The molecule has 5 nitrogen and oxygen atoms in total. The molecule has 7 heteroatoms. The lowest BCUT2D eigenvalue weighted by Crippen LogP contribution is -2.52. The first kappa shape index (κ1) is 18.7. The fraction of sp³-hybridized carbons (Fsp3) is 0.529. The molecule has 0 unspecified atom stereocenters. The van der Waals surface area contributed by atoms with E-state index in [1.165, 1.54) is 18.2 Å². The van der Waals surface area contributed by atoms with Gasteiger partial charge in [-0.15, -0.1) is 0 Å². The van der Waals surface area contributed by atoms with Crippen molar-refractivity contribution >= 4 is 23.4 Å². The molecule has 0 saturated carbocycles. The average molecular weight is 357 g/mol. The van der Waals surface area contributed by atoms with Gasteiger partial charge in [-0.05, 0) is 31.4 Å². The number of hydrogen-bond acceptors (Lipinski definition) is 3. The molecular weight excluding hydrogens is 335 g/mol. The molecule has 1 fully saturated rings. The number of methoxy groups -OCH3 is 1. The van der Waals surface area contributed by atoms with E-state index in [4.69, 9.17) is 16.3 Å². The molecule has 1 saturated heterocycles. The second-order valence-corrected chi connectivity index (χ2v) is 6.17. The minimum absolute atomic E-state index is 0.0911. The van der Waals surface area contributed by atoms with E-state index in [9.17, 15) is 14.0 Å². The summed E-state index contributed by atoms with van der Waals surface area (Å²) >= 11 is 5.96. The summed E-state index contributed by atoms with van der Waals surface area (Å²) in [7, 11) is 3.17. The maximum absolute atomic E-state index is 13.7. The van der Waals surface area contributed by atoms with E-state index in [1.54, 1.807) is 19.1 Å². The fourth-order valence-corrected chi connectivity index (χ4v) is 3.33. The zero-order chi connectivity index (χ0) is 17.7. The molecule has 0 spiro atoms. The molecule has 0 aromatic heterocycles. The van der Waals surface area contributed by atoms with Gasteiger partial charge in [0, 0.05) is 27.1 Å². The Labute approximate surface area is 146 Å². The number of benzene rings is 1. The van der Waals surface area contributed by atoms with Crippen LogP contribution in [0.5, 0.6) is 0 Å². The number of hydrogen-bond donors (Lipinski definition) is 1. The smallest absolute Gasteiger partial charge is 0.255 e. The van der Waals surface area contributed by atoms with Crippen molar-refractivity contribution in [3.8, 4) is 0 Å². The summed E-state index contributed by atoms with van der Waals surface area (Å²) in [5.74, 6) is -1.04. The van der Waals surface area contributed by atoms with Crippen LogP contribution in [0.3, 0.4) is 0 Å². The Morgan fingerprint density at radius 2 is 2.21 bits per heavy atom. The van der Waals surface area contributed by atoms with E-state index in [-0.39, 0.29) is 34.5 Å². The number of ether oxygens (including phenoxy) is 1. The zero-order valence-electron chi connectivity index (χ0n) is 13.9. The van der Waals surface area contributed by atoms with Crippen LogP contribution in [-0.4, -0.2) is 49.6 Å². The third kappa shape index (κ3) is 4.05. The zero-order valence-corrected chi connectivity index (χ0v) is 14.6. The molecule has 2 amide bonds. The number of carbonyl (C=O) groups is 2. The van der Waals surface area contributed by atoms with Gasteiger partial charge in [0.25, 0.3) is 5.91 Å². The van der Waals surface area contributed by atoms with Gasteiger partial charge in [0.05, 0.1) is 22.7 Å². The number of likely N-dealkylation sites (tertiary alicyclic amines) is 1. The predicted molar refractivity (Wildman–Crippen MR) is 89.6 cm³/mol. The van der Waals surface area contributed by atoms with Gasteiger partial charge in [0.15, 0.2) is 0 Å². The molecule has 1 aromatic rings. The summed E-state index contributed by atoms with van der Waals surface area (Å²) in [4.78, 5) is 26.1. The van der Waals surface area contributed by atoms with Gasteiger partial charge in [-0.25, -0.2) is 4.39 Å². The molecular formula is C17H22ClFN2O3. The van der Waals surface area contributed by atoms with Gasteiger partial charge < -0.3 is 15.0 Å². The van der Waals surface area contributed by atoms with E-state index >= 15 is 0 Å². The van der Waals surface area contributed by atoms with Crippen molar-refractivity contribution in [3.63, 3.8) is 0 Å². The van der Waals surface area contributed by atoms with Gasteiger partial charge in [0.2, 0.25) is 5.91 Å². The Bertz CT molecular complexity index is 611. The van der Waals surface area contributed by atoms with Crippen molar-refractivity contribution in [2.45, 2.75) is 37.8 Å². The third-order valence-electron chi connectivity index (χ3n) is 4.41. The lowest BCUT2D eigenvalue weighted by molar-refractivity contribution is -0.121. The predicted octanol–water partition coefficient (Wildman–Crippen LogP) is 2.62. The third-order valence-corrected chi connectivity index (χ3v) is 4.79. The lowest BCUT2D eigenvalue weighted by atomic mass is 9.93. The topological polar surface area (TPSA) is 58.6 Å². The minimum Gasteiger partial charge on any atom is -0.379 e.